The lowest BCUT2D eigenvalue weighted by molar-refractivity contribution is 0.0615. The first-order valence-corrected chi connectivity index (χ1v) is 7.15. The van der Waals surface area contributed by atoms with Crippen LogP contribution in [0, 0.1) is 0 Å². The highest BCUT2D eigenvalue weighted by atomic mass is 35.5. The van der Waals surface area contributed by atoms with Gasteiger partial charge in [0.05, 0.1) is 5.02 Å². The van der Waals surface area contributed by atoms with Crippen molar-refractivity contribution in [2.45, 2.75) is 6.04 Å². The number of imidazole rings is 1. The third-order valence-electron chi connectivity index (χ3n) is 3.61. The van der Waals surface area contributed by atoms with E-state index in [1.54, 1.807) is 18.3 Å². The van der Waals surface area contributed by atoms with Crippen LogP contribution in [0.2, 0.25) is 5.02 Å². The summed E-state index contributed by atoms with van der Waals surface area (Å²) in [5.41, 5.74) is 0.403. The van der Waals surface area contributed by atoms with Gasteiger partial charge in [-0.15, -0.1) is 24.8 Å². The Kier molecular flexibility index (Phi) is 7.28. The smallest absolute Gasteiger partial charge is 0.273 e. The monoisotopic (exact) mass is 377 g/mol. The Hall–Kier alpha value is -1.34. The van der Waals surface area contributed by atoms with Crippen molar-refractivity contribution >= 4 is 42.3 Å². The van der Waals surface area contributed by atoms with Crippen molar-refractivity contribution in [3.8, 4) is 0 Å². The quantitative estimate of drug-likeness (QED) is 0.869. The van der Waals surface area contributed by atoms with Crippen molar-refractivity contribution in [3.63, 3.8) is 0 Å². The maximum atomic E-state index is 12.7. The van der Waals surface area contributed by atoms with Gasteiger partial charge in [0.2, 0.25) is 0 Å². The molecular formula is C14H18Cl3N5O. The number of hydrogen-bond donors (Lipinski definition) is 1. The van der Waals surface area contributed by atoms with Gasteiger partial charge in [-0.25, -0.2) is 9.97 Å². The number of amides is 1. The van der Waals surface area contributed by atoms with Crippen LogP contribution in [0.1, 0.15) is 22.4 Å². The Labute approximate surface area is 152 Å². The molecule has 1 amide bonds. The number of pyridine rings is 1. The summed E-state index contributed by atoms with van der Waals surface area (Å²) in [4.78, 5) is 23.0. The van der Waals surface area contributed by atoms with Gasteiger partial charge < -0.3 is 14.8 Å². The topological polar surface area (TPSA) is 63.1 Å². The number of aromatic nitrogens is 3. The number of halogens is 3. The number of aryl methyl sites for hydroxylation is 1. The van der Waals surface area contributed by atoms with Crippen LogP contribution in [0.3, 0.4) is 0 Å². The summed E-state index contributed by atoms with van der Waals surface area (Å²) in [6, 6.07) is 3.24. The zero-order chi connectivity index (χ0) is 14.8. The summed E-state index contributed by atoms with van der Waals surface area (Å²) < 4.78 is 1.94. The second kappa shape index (κ2) is 8.49. The van der Waals surface area contributed by atoms with E-state index in [0.717, 1.165) is 12.4 Å². The van der Waals surface area contributed by atoms with Crippen LogP contribution in [0.5, 0.6) is 0 Å². The molecule has 0 radical (unpaired) electrons. The first-order valence-electron chi connectivity index (χ1n) is 6.77. The number of rotatable bonds is 2. The number of carbonyl (C=O) groups is 1. The summed E-state index contributed by atoms with van der Waals surface area (Å²) in [6.07, 6.45) is 5.12. The number of piperazine rings is 1. The fraction of sp³-hybridized carbons (Fsp3) is 0.357. The highest BCUT2D eigenvalue weighted by Crippen LogP contribution is 2.22. The number of nitrogens with zero attached hydrogens (tertiary/aromatic N) is 4. The number of nitrogens with one attached hydrogen (secondary N) is 1. The van der Waals surface area contributed by atoms with Crippen LogP contribution in [0.4, 0.5) is 0 Å². The van der Waals surface area contributed by atoms with Crippen molar-refractivity contribution in [1.82, 2.24) is 24.8 Å². The van der Waals surface area contributed by atoms with Gasteiger partial charge in [0.1, 0.15) is 17.6 Å². The zero-order valence-corrected chi connectivity index (χ0v) is 14.9. The summed E-state index contributed by atoms with van der Waals surface area (Å²) in [7, 11) is 1.93. The van der Waals surface area contributed by atoms with Crippen molar-refractivity contribution in [1.29, 1.82) is 0 Å². The number of hydrogen-bond acceptors (Lipinski definition) is 4. The molecule has 2 aromatic heterocycles. The SMILES string of the molecule is Cl.Cl.Cn1ccnc1C1CNCCN1C(=O)c1ccc(Cl)cn1. The van der Waals surface area contributed by atoms with E-state index in [-0.39, 0.29) is 36.8 Å². The Morgan fingerprint density at radius 3 is 2.74 bits per heavy atom. The van der Waals surface area contributed by atoms with Crippen molar-refractivity contribution in [2.75, 3.05) is 19.6 Å². The molecule has 3 heterocycles. The molecule has 0 aromatic carbocycles. The first-order chi connectivity index (χ1) is 10.2. The Morgan fingerprint density at radius 2 is 2.13 bits per heavy atom. The molecule has 3 rings (SSSR count). The van der Waals surface area contributed by atoms with Gasteiger partial charge in [0, 0.05) is 45.3 Å². The van der Waals surface area contributed by atoms with E-state index in [0.29, 0.717) is 23.8 Å². The highest BCUT2D eigenvalue weighted by molar-refractivity contribution is 6.30. The normalized spacial score (nSPS) is 17.1. The van der Waals surface area contributed by atoms with E-state index in [9.17, 15) is 4.79 Å². The molecule has 1 N–H and O–H groups in total. The third kappa shape index (κ3) is 4.14. The van der Waals surface area contributed by atoms with Gasteiger partial charge in [-0.2, -0.15) is 0 Å². The van der Waals surface area contributed by atoms with Crippen LogP contribution in [-0.4, -0.2) is 45.0 Å². The summed E-state index contributed by atoms with van der Waals surface area (Å²) in [6.45, 7) is 2.07. The molecule has 23 heavy (non-hydrogen) atoms. The molecule has 1 aliphatic rings. The van der Waals surface area contributed by atoms with E-state index in [1.165, 1.54) is 6.20 Å². The molecule has 9 heteroatoms. The summed E-state index contributed by atoms with van der Waals surface area (Å²) in [5.74, 6) is 0.769. The van der Waals surface area contributed by atoms with Gasteiger partial charge in [-0.1, -0.05) is 11.6 Å². The fourth-order valence-corrected chi connectivity index (χ4v) is 2.64. The average molecular weight is 379 g/mol. The molecule has 2 aromatic rings. The lowest BCUT2D eigenvalue weighted by Crippen LogP contribution is -2.49. The predicted octanol–water partition coefficient (Wildman–Crippen LogP) is 2.10. The standard InChI is InChI=1S/C14H16ClN5O.2ClH/c1-19-6-5-17-13(19)12-9-16-4-7-20(12)14(21)11-3-2-10(15)8-18-11;;/h2-3,5-6,8,12,16H,4,7,9H2,1H3;2*1H. The van der Waals surface area contributed by atoms with Gasteiger partial charge in [-0.3, -0.25) is 4.79 Å². The minimum atomic E-state index is -0.0961. The molecule has 1 aliphatic heterocycles. The highest BCUT2D eigenvalue weighted by Gasteiger charge is 2.31. The molecule has 126 valence electrons. The van der Waals surface area contributed by atoms with E-state index in [1.807, 2.05) is 22.7 Å². The van der Waals surface area contributed by atoms with Crippen molar-refractivity contribution < 1.29 is 4.79 Å². The molecule has 0 aliphatic carbocycles. The molecule has 0 saturated carbocycles. The molecule has 6 nitrogen and oxygen atoms in total. The van der Waals surface area contributed by atoms with Gasteiger partial charge in [0.15, 0.2) is 0 Å². The third-order valence-corrected chi connectivity index (χ3v) is 3.83. The maximum absolute atomic E-state index is 12.7. The fourth-order valence-electron chi connectivity index (χ4n) is 2.53. The minimum absolute atomic E-state index is 0. The largest absolute Gasteiger partial charge is 0.336 e. The van der Waals surface area contributed by atoms with E-state index >= 15 is 0 Å². The average Bonchev–Trinajstić information content (AvgIpc) is 2.93. The minimum Gasteiger partial charge on any atom is -0.336 e. The van der Waals surface area contributed by atoms with Crippen molar-refractivity contribution in [2.24, 2.45) is 7.05 Å². The van der Waals surface area contributed by atoms with Crippen LogP contribution >= 0.6 is 36.4 Å². The van der Waals surface area contributed by atoms with Gasteiger partial charge in [-0.05, 0) is 12.1 Å². The van der Waals surface area contributed by atoms with Crippen LogP contribution in [-0.2, 0) is 7.05 Å². The summed E-state index contributed by atoms with van der Waals surface area (Å²) in [5, 5.41) is 3.83. The molecular weight excluding hydrogens is 361 g/mol. The Balaban J connectivity index is 0.00000132. The van der Waals surface area contributed by atoms with Crippen LogP contribution in [0.15, 0.2) is 30.7 Å². The van der Waals surface area contributed by atoms with Crippen LogP contribution < -0.4 is 5.32 Å². The summed E-state index contributed by atoms with van der Waals surface area (Å²) >= 11 is 5.82. The van der Waals surface area contributed by atoms with Crippen molar-refractivity contribution in [3.05, 3.63) is 47.3 Å². The molecule has 1 saturated heterocycles. The molecule has 1 atom stereocenters. The second-order valence-electron chi connectivity index (χ2n) is 4.98. The van der Waals surface area contributed by atoms with Gasteiger partial charge in [0.25, 0.3) is 5.91 Å². The number of carbonyl (C=O) groups excluding carboxylic acids is 1. The Morgan fingerprint density at radius 1 is 1.35 bits per heavy atom. The molecule has 0 spiro atoms. The lowest BCUT2D eigenvalue weighted by atomic mass is 10.1. The van der Waals surface area contributed by atoms with Gasteiger partial charge >= 0.3 is 0 Å². The maximum Gasteiger partial charge on any atom is 0.273 e. The zero-order valence-electron chi connectivity index (χ0n) is 12.5. The van der Waals surface area contributed by atoms with E-state index < -0.39 is 0 Å². The first kappa shape index (κ1) is 19.7. The van der Waals surface area contributed by atoms with E-state index in [4.69, 9.17) is 11.6 Å². The lowest BCUT2D eigenvalue weighted by Gasteiger charge is -2.35. The second-order valence-corrected chi connectivity index (χ2v) is 5.41. The molecule has 1 fully saturated rings. The predicted molar refractivity (Wildman–Crippen MR) is 93.6 cm³/mol. The Bertz CT molecular complexity index is 646. The molecule has 0 bridgehead atoms. The van der Waals surface area contributed by atoms with Crippen LogP contribution in [0.25, 0.3) is 0 Å². The van der Waals surface area contributed by atoms with E-state index in [2.05, 4.69) is 15.3 Å². The molecule has 1 unspecified atom stereocenters.